The van der Waals surface area contributed by atoms with Gasteiger partial charge >= 0.3 is 0 Å². The van der Waals surface area contributed by atoms with E-state index in [2.05, 4.69) is 55.2 Å². The van der Waals surface area contributed by atoms with Crippen LogP contribution in [0.4, 0.5) is 0 Å². The fourth-order valence-electron chi connectivity index (χ4n) is 1.83. The van der Waals surface area contributed by atoms with Gasteiger partial charge in [-0.15, -0.1) is 11.3 Å². The zero-order valence-corrected chi connectivity index (χ0v) is 13.7. The van der Waals surface area contributed by atoms with E-state index in [-0.39, 0.29) is 0 Å². The van der Waals surface area contributed by atoms with Gasteiger partial charge in [0.2, 0.25) is 0 Å². The normalized spacial score (nSPS) is 21.9. The summed E-state index contributed by atoms with van der Waals surface area (Å²) < 4.78 is 7.98. The third-order valence-corrected chi connectivity index (χ3v) is 5.97. The van der Waals surface area contributed by atoms with E-state index in [1.54, 1.807) is 11.3 Å². The number of ether oxygens (including phenoxy) is 1. The quantitative estimate of drug-likeness (QED) is 0.864. The van der Waals surface area contributed by atoms with Crippen LogP contribution < -0.4 is 5.32 Å². The van der Waals surface area contributed by atoms with Crippen molar-refractivity contribution in [1.29, 1.82) is 0 Å². The van der Waals surface area contributed by atoms with Crippen LogP contribution in [0.15, 0.2) is 14.3 Å². The Bertz CT molecular complexity index is 353. The minimum absolute atomic E-state index is 0.320. The van der Waals surface area contributed by atoms with E-state index in [9.17, 15) is 0 Å². The molecule has 3 nitrogen and oxygen atoms in total. The molecular weight excluding hydrogens is 368 g/mol. The zero-order valence-electron chi connectivity index (χ0n) is 9.71. The van der Waals surface area contributed by atoms with E-state index in [1.165, 1.54) is 4.88 Å². The number of morpholine rings is 1. The average Bonchev–Trinajstić information content (AvgIpc) is 2.58. The van der Waals surface area contributed by atoms with Crippen molar-refractivity contribution in [3.63, 3.8) is 0 Å². The molecule has 6 heteroatoms. The van der Waals surface area contributed by atoms with Crippen molar-refractivity contribution in [2.75, 3.05) is 33.3 Å². The molecular formula is C11H16Br2N2OS. The summed E-state index contributed by atoms with van der Waals surface area (Å²) in [5, 5.41) is 3.45. The maximum absolute atomic E-state index is 5.70. The number of thiophene rings is 1. The van der Waals surface area contributed by atoms with Gasteiger partial charge in [0.25, 0.3) is 0 Å². The Morgan fingerprint density at radius 2 is 2.41 bits per heavy atom. The molecule has 0 radical (unpaired) electrons. The SMILES string of the molecule is CN1CCOC(CNCc2cc(Br)c(Br)s2)C1. The van der Waals surface area contributed by atoms with Crippen LogP contribution in [0.3, 0.4) is 0 Å². The molecule has 0 spiro atoms. The number of nitrogens with zero attached hydrogens (tertiary/aromatic N) is 1. The lowest BCUT2D eigenvalue weighted by Gasteiger charge is -2.30. The van der Waals surface area contributed by atoms with Crippen molar-refractivity contribution in [1.82, 2.24) is 10.2 Å². The third-order valence-electron chi connectivity index (χ3n) is 2.71. The van der Waals surface area contributed by atoms with Crippen molar-refractivity contribution in [3.05, 3.63) is 19.2 Å². The summed E-state index contributed by atoms with van der Waals surface area (Å²) in [6.45, 7) is 4.72. The molecule has 0 aromatic carbocycles. The highest BCUT2D eigenvalue weighted by Crippen LogP contribution is 2.32. The highest BCUT2D eigenvalue weighted by atomic mass is 79.9. The van der Waals surface area contributed by atoms with Crippen molar-refractivity contribution >= 4 is 43.2 Å². The first-order valence-electron chi connectivity index (χ1n) is 5.59. The fraction of sp³-hybridized carbons (Fsp3) is 0.636. The Hall–Kier alpha value is 0.540. The van der Waals surface area contributed by atoms with Gasteiger partial charge < -0.3 is 15.0 Å². The minimum atomic E-state index is 0.320. The van der Waals surface area contributed by atoms with E-state index in [0.29, 0.717) is 6.10 Å². The van der Waals surface area contributed by atoms with Gasteiger partial charge in [0.15, 0.2) is 0 Å². The van der Waals surface area contributed by atoms with E-state index >= 15 is 0 Å². The van der Waals surface area contributed by atoms with Gasteiger partial charge in [-0.05, 0) is 45.0 Å². The minimum Gasteiger partial charge on any atom is -0.374 e. The molecule has 0 amide bonds. The maximum atomic E-state index is 5.70. The predicted octanol–water partition coefficient (Wildman–Crippen LogP) is 2.69. The summed E-state index contributed by atoms with van der Waals surface area (Å²) in [6.07, 6.45) is 0.320. The Morgan fingerprint density at radius 1 is 1.59 bits per heavy atom. The lowest BCUT2D eigenvalue weighted by Crippen LogP contribution is -2.44. The number of likely N-dealkylation sites (N-methyl/N-ethyl adjacent to an activating group) is 1. The molecule has 2 heterocycles. The molecule has 1 saturated heterocycles. The van der Waals surface area contributed by atoms with E-state index in [4.69, 9.17) is 4.74 Å². The number of hydrogen-bond acceptors (Lipinski definition) is 4. The van der Waals surface area contributed by atoms with Crippen molar-refractivity contribution in [2.45, 2.75) is 12.6 Å². The van der Waals surface area contributed by atoms with Crippen LogP contribution in [0.5, 0.6) is 0 Å². The van der Waals surface area contributed by atoms with Crippen LogP contribution in [0, 0.1) is 0 Å². The molecule has 96 valence electrons. The number of nitrogens with one attached hydrogen (secondary N) is 1. The van der Waals surface area contributed by atoms with E-state index in [0.717, 1.165) is 41.0 Å². The number of rotatable bonds is 4. The van der Waals surface area contributed by atoms with Crippen LogP contribution in [0.25, 0.3) is 0 Å². The molecule has 1 aromatic rings. The lowest BCUT2D eigenvalue weighted by atomic mass is 10.3. The highest BCUT2D eigenvalue weighted by Gasteiger charge is 2.17. The summed E-state index contributed by atoms with van der Waals surface area (Å²) in [5.41, 5.74) is 0. The topological polar surface area (TPSA) is 24.5 Å². The molecule has 17 heavy (non-hydrogen) atoms. The first kappa shape index (κ1) is 14.0. The van der Waals surface area contributed by atoms with Crippen molar-refractivity contribution in [2.24, 2.45) is 0 Å². The van der Waals surface area contributed by atoms with Gasteiger partial charge in [0.1, 0.15) is 0 Å². The van der Waals surface area contributed by atoms with E-state index < -0.39 is 0 Å². The fourth-order valence-corrected chi connectivity index (χ4v) is 3.97. The van der Waals surface area contributed by atoms with Gasteiger partial charge in [-0.1, -0.05) is 0 Å². The Balaban J connectivity index is 1.72. The second-order valence-electron chi connectivity index (χ2n) is 4.22. The molecule has 1 aromatic heterocycles. The van der Waals surface area contributed by atoms with Crippen LogP contribution in [0.1, 0.15) is 4.88 Å². The second-order valence-corrected chi connectivity index (χ2v) is 7.53. The number of halogens is 2. The van der Waals surface area contributed by atoms with Crippen LogP contribution >= 0.6 is 43.2 Å². The third kappa shape index (κ3) is 4.29. The lowest BCUT2D eigenvalue weighted by molar-refractivity contribution is -0.0181. The molecule has 0 aliphatic carbocycles. The first-order valence-corrected chi connectivity index (χ1v) is 8.00. The van der Waals surface area contributed by atoms with Gasteiger partial charge in [-0.25, -0.2) is 0 Å². The van der Waals surface area contributed by atoms with Crippen molar-refractivity contribution in [3.8, 4) is 0 Å². The Labute approximate surface area is 123 Å². The Kier molecular flexibility index (Phi) is 5.45. The first-order chi connectivity index (χ1) is 8.15. The summed E-state index contributed by atoms with van der Waals surface area (Å²) in [4.78, 5) is 3.64. The standard InChI is InChI=1S/C11H16Br2N2OS/c1-15-2-3-16-8(7-15)5-14-6-9-4-10(12)11(13)17-9/h4,8,14H,2-3,5-7H2,1H3. The highest BCUT2D eigenvalue weighted by molar-refractivity contribution is 9.13. The summed E-state index contributed by atoms with van der Waals surface area (Å²) in [5.74, 6) is 0. The molecule has 1 aliphatic heterocycles. The largest absolute Gasteiger partial charge is 0.374 e. The number of hydrogen-bond donors (Lipinski definition) is 1. The zero-order chi connectivity index (χ0) is 12.3. The molecule has 1 aliphatic rings. The summed E-state index contributed by atoms with van der Waals surface area (Å²) in [7, 11) is 2.14. The van der Waals surface area contributed by atoms with E-state index in [1.807, 2.05) is 0 Å². The predicted molar refractivity (Wildman–Crippen MR) is 78.7 cm³/mol. The summed E-state index contributed by atoms with van der Waals surface area (Å²) in [6, 6.07) is 2.15. The van der Waals surface area contributed by atoms with Gasteiger partial charge in [0, 0.05) is 35.5 Å². The van der Waals surface area contributed by atoms with Gasteiger partial charge in [-0.2, -0.15) is 0 Å². The molecule has 2 rings (SSSR count). The molecule has 0 bridgehead atoms. The van der Waals surface area contributed by atoms with Crippen LogP contribution in [0.2, 0.25) is 0 Å². The Morgan fingerprint density at radius 3 is 3.06 bits per heavy atom. The van der Waals surface area contributed by atoms with Gasteiger partial charge in [-0.3, -0.25) is 0 Å². The molecule has 1 fully saturated rings. The maximum Gasteiger partial charge on any atom is 0.0843 e. The molecule has 0 saturated carbocycles. The van der Waals surface area contributed by atoms with Crippen LogP contribution in [-0.2, 0) is 11.3 Å². The monoisotopic (exact) mass is 382 g/mol. The molecule has 1 N–H and O–H groups in total. The second kappa shape index (κ2) is 6.63. The van der Waals surface area contributed by atoms with Crippen molar-refractivity contribution < 1.29 is 4.74 Å². The van der Waals surface area contributed by atoms with Gasteiger partial charge in [0.05, 0.1) is 16.5 Å². The average molecular weight is 384 g/mol. The van der Waals surface area contributed by atoms with Crippen LogP contribution in [-0.4, -0.2) is 44.3 Å². The summed E-state index contributed by atoms with van der Waals surface area (Å²) >= 11 is 8.76. The molecule has 1 atom stereocenters. The molecule has 1 unspecified atom stereocenters. The smallest absolute Gasteiger partial charge is 0.0843 e.